The van der Waals surface area contributed by atoms with E-state index < -0.39 is 5.43 Å². The Bertz CT molecular complexity index is 531. The monoisotopic (exact) mass is 295 g/mol. The second-order valence-electron chi connectivity index (χ2n) is 5.55. The number of rotatable bonds is 5. The number of ether oxygens (including phenoxy) is 1. The van der Waals surface area contributed by atoms with Crippen molar-refractivity contribution >= 4 is 5.91 Å². The summed E-state index contributed by atoms with van der Waals surface area (Å²) in [5.74, 6) is 0.622. The van der Waals surface area contributed by atoms with Crippen LogP contribution in [0.15, 0.2) is 21.5 Å². The number of hydrogen-bond acceptors (Lipinski definition) is 5. The second-order valence-corrected chi connectivity index (χ2v) is 5.55. The summed E-state index contributed by atoms with van der Waals surface area (Å²) < 4.78 is 10.1. The standard InChI is InChI=1S/C15H21NO5/c1-10-2-4-11(5-3-10)16-15(19)9-21-14-8-20-12(7-17)6-13(14)18/h6,8,10-11,17H,2-5,7,9H2,1H3,(H,16,19). The smallest absolute Gasteiger partial charge is 0.258 e. The van der Waals surface area contributed by atoms with Crippen molar-refractivity contribution in [2.24, 2.45) is 5.92 Å². The third-order valence-electron chi connectivity index (χ3n) is 3.75. The van der Waals surface area contributed by atoms with Gasteiger partial charge in [-0.05, 0) is 31.6 Å². The van der Waals surface area contributed by atoms with Crippen LogP contribution in [0.1, 0.15) is 38.4 Å². The zero-order chi connectivity index (χ0) is 15.2. The maximum absolute atomic E-state index is 11.8. The highest BCUT2D eigenvalue weighted by molar-refractivity contribution is 5.77. The molecule has 1 aliphatic carbocycles. The number of carbonyl (C=O) groups excluding carboxylic acids is 1. The minimum Gasteiger partial charge on any atom is -0.477 e. The van der Waals surface area contributed by atoms with E-state index in [4.69, 9.17) is 14.3 Å². The number of aliphatic hydroxyl groups is 1. The Morgan fingerprint density at radius 2 is 2.14 bits per heavy atom. The van der Waals surface area contributed by atoms with E-state index in [-0.39, 0.29) is 36.7 Å². The third-order valence-corrected chi connectivity index (χ3v) is 3.75. The van der Waals surface area contributed by atoms with Gasteiger partial charge in [0.15, 0.2) is 6.61 Å². The minimum atomic E-state index is -0.412. The molecule has 0 aliphatic heterocycles. The molecule has 2 N–H and O–H groups in total. The maximum Gasteiger partial charge on any atom is 0.258 e. The molecule has 6 nitrogen and oxygen atoms in total. The SMILES string of the molecule is CC1CCC(NC(=O)COc2coc(CO)cc2=O)CC1. The third kappa shape index (κ3) is 4.60. The average molecular weight is 295 g/mol. The van der Waals surface area contributed by atoms with Gasteiger partial charge in [-0.15, -0.1) is 0 Å². The van der Waals surface area contributed by atoms with Crippen molar-refractivity contribution in [2.75, 3.05) is 6.61 Å². The molecule has 0 radical (unpaired) electrons. The van der Waals surface area contributed by atoms with E-state index in [1.54, 1.807) is 0 Å². The van der Waals surface area contributed by atoms with E-state index in [0.717, 1.165) is 43.9 Å². The molecule has 116 valence electrons. The molecule has 1 saturated carbocycles. The first-order valence-corrected chi connectivity index (χ1v) is 7.23. The molecular weight excluding hydrogens is 274 g/mol. The molecule has 1 heterocycles. The van der Waals surface area contributed by atoms with Gasteiger partial charge in [0.1, 0.15) is 18.6 Å². The van der Waals surface area contributed by atoms with E-state index in [1.165, 1.54) is 0 Å². The Kier molecular flexibility index (Phi) is 5.38. The van der Waals surface area contributed by atoms with Crippen LogP contribution in [0.5, 0.6) is 5.75 Å². The summed E-state index contributed by atoms with van der Waals surface area (Å²) in [6, 6.07) is 1.35. The number of aliphatic hydroxyl groups excluding tert-OH is 1. The first-order valence-electron chi connectivity index (χ1n) is 7.23. The average Bonchev–Trinajstić information content (AvgIpc) is 2.48. The number of amides is 1. The second kappa shape index (κ2) is 7.26. The van der Waals surface area contributed by atoms with Gasteiger partial charge in [0.25, 0.3) is 5.91 Å². The molecule has 0 aromatic carbocycles. The van der Waals surface area contributed by atoms with Gasteiger partial charge in [-0.3, -0.25) is 9.59 Å². The highest BCUT2D eigenvalue weighted by Gasteiger charge is 2.20. The Balaban J connectivity index is 1.80. The molecule has 1 aromatic heterocycles. The van der Waals surface area contributed by atoms with Gasteiger partial charge in [-0.25, -0.2) is 0 Å². The van der Waals surface area contributed by atoms with E-state index >= 15 is 0 Å². The maximum atomic E-state index is 11.8. The van der Waals surface area contributed by atoms with Crippen LogP contribution in [0.3, 0.4) is 0 Å². The molecule has 1 fully saturated rings. The van der Waals surface area contributed by atoms with Crippen LogP contribution in [0.2, 0.25) is 0 Å². The molecule has 0 atom stereocenters. The van der Waals surface area contributed by atoms with Crippen LogP contribution in [0.4, 0.5) is 0 Å². The lowest BCUT2D eigenvalue weighted by atomic mass is 9.87. The summed E-state index contributed by atoms with van der Waals surface area (Å²) >= 11 is 0. The van der Waals surface area contributed by atoms with Crippen molar-refractivity contribution in [3.63, 3.8) is 0 Å². The summed E-state index contributed by atoms with van der Waals surface area (Å²) in [7, 11) is 0. The molecule has 0 spiro atoms. The van der Waals surface area contributed by atoms with E-state index in [2.05, 4.69) is 12.2 Å². The Hall–Kier alpha value is -1.82. The molecule has 1 aromatic rings. The highest BCUT2D eigenvalue weighted by Crippen LogP contribution is 2.23. The summed E-state index contributed by atoms with van der Waals surface area (Å²) in [5, 5.41) is 11.7. The zero-order valence-corrected chi connectivity index (χ0v) is 12.1. The topological polar surface area (TPSA) is 88.8 Å². The molecule has 0 unspecified atom stereocenters. The lowest BCUT2D eigenvalue weighted by Gasteiger charge is -2.26. The van der Waals surface area contributed by atoms with Crippen molar-refractivity contribution in [2.45, 2.75) is 45.3 Å². The first kappa shape index (κ1) is 15.6. The van der Waals surface area contributed by atoms with Gasteiger partial charge >= 0.3 is 0 Å². The molecule has 1 aliphatic rings. The molecule has 1 amide bonds. The Labute approximate surface area is 123 Å². The number of hydrogen-bond donors (Lipinski definition) is 2. The van der Waals surface area contributed by atoms with Crippen LogP contribution in [0.25, 0.3) is 0 Å². The van der Waals surface area contributed by atoms with Crippen LogP contribution in [-0.2, 0) is 11.4 Å². The molecule has 0 saturated heterocycles. The van der Waals surface area contributed by atoms with Crippen LogP contribution in [-0.4, -0.2) is 23.7 Å². The van der Waals surface area contributed by atoms with Gasteiger partial charge in [0.2, 0.25) is 11.2 Å². The summed E-state index contributed by atoms with van der Waals surface area (Å²) in [4.78, 5) is 23.4. The van der Waals surface area contributed by atoms with E-state index in [1.807, 2.05) is 0 Å². The largest absolute Gasteiger partial charge is 0.477 e. The first-order chi connectivity index (χ1) is 10.1. The Morgan fingerprint density at radius 1 is 1.43 bits per heavy atom. The van der Waals surface area contributed by atoms with Gasteiger partial charge < -0.3 is 19.6 Å². The van der Waals surface area contributed by atoms with Crippen molar-refractivity contribution in [1.29, 1.82) is 0 Å². The van der Waals surface area contributed by atoms with Crippen molar-refractivity contribution in [1.82, 2.24) is 5.32 Å². The van der Waals surface area contributed by atoms with Gasteiger partial charge in [-0.1, -0.05) is 6.92 Å². The van der Waals surface area contributed by atoms with Gasteiger partial charge in [-0.2, -0.15) is 0 Å². The van der Waals surface area contributed by atoms with E-state index in [9.17, 15) is 9.59 Å². The normalized spacial score (nSPS) is 21.8. The highest BCUT2D eigenvalue weighted by atomic mass is 16.5. The zero-order valence-electron chi connectivity index (χ0n) is 12.1. The summed E-state index contributed by atoms with van der Waals surface area (Å²) in [6.45, 7) is 1.65. The fraction of sp³-hybridized carbons (Fsp3) is 0.600. The molecule has 6 heteroatoms. The Morgan fingerprint density at radius 3 is 2.76 bits per heavy atom. The molecular formula is C15H21NO5. The van der Waals surface area contributed by atoms with Crippen LogP contribution in [0, 0.1) is 5.92 Å². The van der Waals surface area contributed by atoms with Crippen LogP contribution >= 0.6 is 0 Å². The van der Waals surface area contributed by atoms with Gasteiger partial charge in [0, 0.05) is 12.1 Å². The lowest BCUT2D eigenvalue weighted by molar-refractivity contribution is -0.124. The molecule has 0 bridgehead atoms. The van der Waals surface area contributed by atoms with Crippen molar-refractivity contribution in [3.05, 3.63) is 28.3 Å². The predicted octanol–water partition coefficient (Wildman–Crippen LogP) is 1.21. The van der Waals surface area contributed by atoms with Gasteiger partial charge in [0.05, 0.1) is 0 Å². The summed E-state index contributed by atoms with van der Waals surface area (Å²) in [6.07, 6.45) is 5.33. The fourth-order valence-corrected chi connectivity index (χ4v) is 2.44. The fourth-order valence-electron chi connectivity index (χ4n) is 2.44. The molecule has 21 heavy (non-hydrogen) atoms. The predicted molar refractivity (Wildman–Crippen MR) is 76.0 cm³/mol. The number of nitrogens with one attached hydrogen (secondary N) is 1. The molecule has 2 rings (SSSR count). The minimum absolute atomic E-state index is 0.0281. The van der Waals surface area contributed by atoms with Crippen LogP contribution < -0.4 is 15.5 Å². The van der Waals surface area contributed by atoms with E-state index in [0.29, 0.717) is 0 Å². The quantitative estimate of drug-likeness (QED) is 0.852. The van der Waals surface area contributed by atoms with Crippen molar-refractivity contribution in [3.8, 4) is 5.75 Å². The summed E-state index contributed by atoms with van der Waals surface area (Å²) in [5.41, 5.74) is -0.412. The number of carbonyl (C=O) groups is 1. The van der Waals surface area contributed by atoms with Crippen molar-refractivity contribution < 1.29 is 19.1 Å². The lowest BCUT2D eigenvalue weighted by Crippen LogP contribution is -2.40.